The topological polar surface area (TPSA) is 43.1 Å². The van der Waals surface area contributed by atoms with E-state index in [1.165, 1.54) is 19.3 Å². The van der Waals surface area contributed by atoms with Gasteiger partial charge in [0.1, 0.15) is 5.82 Å². The molecule has 2 heterocycles. The van der Waals surface area contributed by atoms with Crippen LogP contribution >= 0.6 is 11.6 Å². The van der Waals surface area contributed by atoms with Gasteiger partial charge in [0.05, 0.1) is 0 Å². The van der Waals surface area contributed by atoms with Crippen LogP contribution in [0.3, 0.4) is 0 Å². The molecule has 1 fully saturated rings. The maximum absolute atomic E-state index is 5.98. The fourth-order valence-corrected chi connectivity index (χ4v) is 2.78. The van der Waals surface area contributed by atoms with Crippen LogP contribution < -0.4 is 0 Å². The molecule has 2 aromatic rings. The minimum Gasteiger partial charge on any atom is -0.282 e. The molecule has 1 aliphatic carbocycles. The van der Waals surface area contributed by atoms with Crippen LogP contribution in [0.25, 0.3) is 5.65 Å². The van der Waals surface area contributed by atoms with E-state index in [4.69, 9.17) is 11.6 Å². The fourth-order valence-electron chi connectivity index (χ4n) is 2.60. The van der Waals surface area contributed by atoms with Gasteiger partial charge in [-0.05, 0) is 18.8 Å². The van der Waals surface area contributed by atoms with Crippen LogP contribution in [0, 0.1) is 5.92 Å². The van der Waals surface area contributed by atoms with Gasteiger partial charge in [0.25, 0.3) is 0 Å². The Hall–Kier alpha value is -1.16. The largest absolute Gasteiger partial charge is 0.282 e. The molecule has 0 aromatic carbocycles. The first-order chi connectivity index (χ1) is 7.77. The van der Waals surface area contributed by atoms with Crippen LogP contribution in [0.2, 0.25) is 5.15 Å². The average molecular weight is 237 g/mol. The Morgan fingerprint density at radius 3 is 3.00 bits per heavy atom. The van der Waals surface area contributed by atoms with E-state index in [0.29, 0.717) is 22.6 Å². The lowest BCUT2D eigenvalue weighted by Crippen LogP contribution is -2.07. The summed E-state index contributed by atoms with van der Waals surface area (Å²) in [6.07, 6.45) is 7.34. The fraction of sp³-hybridized carbons (Fsp3) is 0.545. The standard InChI is InChI=1S/C11H13ClN4/c1-7-3-2-4-8(7)10-14-15-11-9(12)13-5-6-16(10)11/h5-8H,2-4H2,1H3. The second kappa shape index (κ2) is 3.70. The van der Waals surface area contributed by atoms with E-state index in [9.17, 15) is 0 Å². The van der Waals surface area contributed by atoms with Crippen molar-refractivity contribution in [3.63, 3.8) is 0 Å². The highest BCUT2D eigenvalue weighted by molar-refractivity contribution is 6.32. The molecule has 0 amide bonds. The van der Waals surface area contributed by atoms with Gasteiger partial charge < -0.3 is 0 Å². The minimum atomic E-state index is 0.423. The Labute approximate surface area is 98.7 Å². The van der Waals surface area contributed by atoms with Crippen LogP contribution in [0.4, 0.5) is 0 Å². The van der Waals surface area contributed by atoms with Crippen molar-refractivity contribution in [1.82, 2.24) is 19.6 Å². The van der Waals surface area contributed by atoms with Crippen molar-refractivity contribution in [2.24, 2.45) is 5.92 Å². The molecule has 1 saturated carbocycles. The van der Waals surface area contributed by atoms with E-state index in [1.807, 2.05) is 10.6 Å². The molecule has 2 atom stereocenters. The maximum Gasteiger partial charge on any atom is 0.198 e. The lowest BCUT2D eigenvalue weighted by molar-refractivity contribution is 0.506. The number of hydrogen-bond donors (Lipinski definition) is 0. The predicted octanol–water partition coefficient (Wildman–Crippen LogP) is 2.68. The summed E-state index contributed by atoms with van der Waals surface area (Å²) >= 11 is 5.98. The number of rotatable bonds is 1. The number of fused-ring (bicyclic) bond motifs is 1. The summed E-state index contributed by atoms with van der Waals surface area (Å²) in [4.78, 5) is 4.01. The lowest BCUT2D eigenvalue weighted by atomic mass is 9.97. The highest BCUT2D eigenvalue weighted by Crippen LogP contribution is 2.38. The maximum atomic E-state index is 5.98. The third-order valence-corrected chi connectivity index (χ3v) is 3.77. The van der Waals surface area contributed by atoms with E-state index in [-0.39, 0.29) is 0 Å². The summed E-state index contributed by atoms with van der Waals surface area (Å²) in [6.45, 7) is 2.28. The lowest BCUT2D eigenvalue weighted by Gasteiger charge is -2.12. The Bertz CT molecular complexity index is 522. The van der Waals surface area contributed by atoms with Gasteiger partial charge in [-0.15, -0.1) is 10.2 Å². The number of nitrogens with zero attached hydrogens (tertiary/aromatic N) is 4. The molecule has 5 heteroatoms. The zero-order chi connectivity index (χ0) is 11.1. The average Bonchev–Trinajstić information content (AvgIpc) is 2.84. The van der Waals surface area contributed by atoms with E-state index in [2.05, 4.69) is 22.1 Å². The normalized spacial score (nSPS) is 25.4. The molecule has 0 N–H and O–H groups in total. The molecule has 4 nitrogen and oxygen atoms in total. The zero-order valence-corrected chi connectivity index (χ0v) is 9.85. The van der Waals surface area contributed by atoms with E-state index in [0.717, 1.165) is 5.82 Å². The molecule has 0 saturated heterocycles. The van der Waals surface area contributed by atoms with Crippen molar-refractivity contribution in [1.29, 1.82) is 0 Å². The summed E-state index contributed by atoms with van der Waals surface area (Å²) in [5.74, 6) is 2.22. The molecule has 0 spiro atoms. The van der Waals surface area contributed by atoms with Crippen LogP contribution in [0.15, 0.2) is 12.4 Å². The summed E-state index contributed by atoms with van der Waals surface area (Å²) in [6, 6.07) is 0. The van der Waals surface area contributed by atoms with Gasteiger partial charge in [-0.2, -0.15) is 0 Å². The molecular formula is C11H13ClN4. The Balaban J connectivity index is 2.14. The van der Waals surface area contributed by atoms with Gasteiger partial charge in [-0.3, -0.25) is 4.40 Å². The van der Waals surface area contributed by atoms with Gasteiger partial charge >= 0.3 is 0 Å². The van der Waals surface area contributed by atoms with Crippen molar-refractivity contribution in [3.8, 4) is 0 Å². The first kappa shape index (κ1) is 10.0. The third-order valence-electron chi connectivity index (χ3n) is 3.50. The Morgan fingerprint density at radius 1 is 1.38 bits per heavy atom. The predicted molar refractivity (Wildman–Crippen MR) is 61.5 cm³/mol. The van der Waals surface area contributed by atoms with Gasteiger partial charge in [0.15, 0.2) is 10.8 Å². The summed E-state index contributed by atoms with van der Waals surface area (Å²) < 4.78 is 1.97. The molecule has 2 unspecified atom stereocenters. The highest BCUT2D eigenvalue weighted by Gasteiger charge is 2.29. The zero-order valence-electron chi connectivity index (χ0n) is 9.10. The second-order valence-electron chi connectivity index (χ2n) is 4.48. The molecule has 84 valence electrons. The van der Waals surface area contributed by atoms with Crippen LogP contribution in [0.1, 0.15) is 37.9 Å². The van der Waals surface area contributed by atoms with Crippen molar-refractivity contribution >= 4 is 17.2 Å². The first-order valence-electron chi connectivity index (χ1n) is 5.62. The second-order valence-corrected chi connectivity index (χ2v) is 4.84. The Morgan fingerprint density at radius 2 is 2.25 bits per heavy atom. The van der Waals surface area contributed by atoms with Gasteiger partial charge in [0.2, 0.25) is 0 Å². The number of hydrogen-bond acceptors (Lipinski definition) is 3. The quantitative estimate of drug-likeness (QED) is 0.765. The molecule has 0 bridgehead atoms. The van der Waals surface area contributed by atoms with E-state index < -0.39 is 0 Å². The first-order valence-corrected chi connectivity index (χ1v) is 6.00. The van der Waals surface area contributed by atoms with Gasteiger partial charge in [-0.25, -0.2) is 4.98 Å². The number of halogens is 1. The number of aromatic nitrogens is 4. The van der Waals surface area contributed by atoms with Crippen molar-refractivity contribution < 1.29 is 0 Å². The van der Waals surface area contributed by atoms with E-state index in [1.54, 1.807) is 6.20 Å². The van der Waals surface area contributed by atoms with Crippen molar-refractivity contribution in [2.45, 2.75) is 32.1 Å². The monoisotopic (exact) mass is 236 g/mol. The summed E-state index contributed by atoms with van der Waals surface area (Å²) in [7, 11) is 0. The molecule has 0 radical (unpaired) electrons. The summed E-state index contributed by atoms with van der Waals surface area (Å²) in [5, 5.41) is 8.82. The molecule has 2 aromatic heterocycles. The van der Waals surface area contributed by atoms with E-state index >= 15 is 0 Å². The Kier molecular flexibility index (Phi) is 2.32. The molecular weight excluding hydrogens is 224 g/mol. The van der Waals surface area contributed by atoms with Crippen LogP contribution in [-0.2, 0) is 0 Å². The smallest absolute Gasteiger partial charge is 0.198 e. The minimum absolute atomic E-state index is 0.423. The van der Waals surface area contributed by atoms with Crippen molar-refractivity contribution in [2.75, 3.05) is 0 Å². The molecule has 3 rings (SSSR count). The van der Waals surface area contributed by atoms with Gasteiger partial charge in [0, 0.05) is 18.3 Å². The molecule has 1 aliphatic rings. The third kappa shape index (κ3) is 1.40. The highest BCUT2D eigenvalue weighted by atomic mass is 35.5. The van der Waals surface area contributed by atoms with Gasteiger partial charge in [-0.1, -0.05) is 24.9 Å². The molecule has 0 aliphatic heterocycles. The SMILES string of the molecule is CC1CCCC1c1nnc2c(Cl)nccn12. The van der Waals surface area contributed by atoms with Crippen molar-refractivity contribution in [3.05, 3.63) is 23.4 Å². The summed E-state index contributed by atoms with van der Waals surface area (Å²) in [5.41, 5.74) is 0.665. The molecule has 16 heavy (non-hydrogen) atoms. The van der Waals surface area contributed by atoms with Crippen LogP contribution in [-0.4, -0.2) is 19.6 Å². The van der Waals surface area contributed by atoms with Crippen LogP contribution in [0.5, 0.6) is 0 Å².